The predicted molar refractivity (Wildman–Crippen MR) is 92.2 cm³/mol. The van der Waals surface area contributed by atoms with E-state index in [1.165, 1.54) is 5.39 Å². The van der Waals surface area contributed by atoms with E-state index in [1.54, 1.807) is 6.92 Å². The Morgan fingerprint density at radius 3 is 2.74 bits per heavy atom. The molecule has 1 aliphatic rings. The zero-order chi connectivity index (χ0) is 16.2. The molecule has 0 radical (unpaired) electrons. The molecule has 0 spiro atoms. The number of benzene rings is 2. The van der Waals surface area contributed by atoms with Gasteiger partial charge in [0.2, 0.25) is 0 Å². The summed E-state index contributed by atoms with van der Waals surface area (Å²) >= 11 is 0. The van der Waals surface area contributed by atoms with E-state index in [0.717, 1.165) is 35.9 Å². The largest absolute Gasteiger partial charge is 0.325 e. The molecule has 1 amide bonds. The Morgan fingerprint density at radius 2 is 1.96 bits per heavy atom. The molecule has 0 bridgehead atoms. The zero-order valence-electron chi connectivity index (χ0n) is 13.1. The van der Waals surface area contributed by atoms with Gasteiger partial charge in [-0.15, -0.1) is 0 Å². The molecule has 0 aromatic heterocycles. The number of rotatable bonds is 3. The van der Waals surface area contributed by atoms with Crippen LogP contribution in [0.5, 0.6) is 0 Å². The summed E-state index contributed by atoms with van der Waals surface area (Å²) in [5, 5.41) is 14.3. The number of carbonyl (C=O) groups is 1. The summed E-state index contributed by atoms with van der Waals surface area (Å²) in [7, 11) is 0. The average molecular weight is 302 g/mol. The maximum absolute atomic E-state index is 12.3. The molecule has 0 unspecified atom stereocenters. The molecule has 0 saturated heterocycles. The third-order valence-electron chi connectivity index (χ3n) is 4.13. The predicted octanol–water partition coefficient (Wildman–Crippen LogP) is 4.32. The minimum Gasteiger partial charge on any atom is -0.325 e. The number of fused-ring (bicyclic) bond motifs is 1. The number of amides is 1. The van der Waals surface area contributed by atoms with Crippen LogP contribution in [0.25, 0.3) is 16.8 Å². The van der Waals surface area contributed by atoms with Crippen LogP contribution in [-0.4, -0.2) is 5.91 Å². The summed E-state index contributed by atoms with van der Waals surface area (Å²) in [6.45, 7) is 1.80. The number of nitrogens with zero attached hydrogens (tertiary/aromatic N) is 1. The minimum atomic E-state index is -0.136. The van der Waals surface area contributed by atoms with Crippen molar-refractivity contribution >= 4 is 22.8 Å². The lowest BCUT2D eigenvalue weighted by atomic mass is 10.1. The Bertz CT molecular complexity index is 869. The van der Waals surface area contributed by atoms with Crippen LogP contribution in [0.2, 0.25) is 0 Å². The Kier molecular flexibility index (Phi) is 4.25. The Labute approximate surface area is 135 Å². The summed E-state index contributed by atoms with van der Waals surface area (Å²) in [5.74, 6) is -0.136. The lowest BCUT2D eigenvalue weighted by molar-refractivity contribution is -0.116. The van der Waals surface area contributed by atoms with Gasteiger partial charge in [-0.1, -0.05) is 36.4 Å². The highest BCUT2D eigenvalue weighted by atomic mass is 16.1. The third kappa shape index (κ3) is 3.32. The smallest absolute Gasteiger partial charge is 0.251 e. The van der Waals surface area contributed by atoms with E-state index in [0.29, 0.717) is 11.1 Å². The number of hydrogen-bond donors (Lipinski definition) is 1. The van der Waals surface area contributed by atoms with Gasteiger partial charge in [0, 0.05) is 16.8 Å². The van der Waals surface area contributed by atoms with E-state index in [2.05, 4.69) is 35.7 Å². The van der Waals surface area contributed by atoms with Crippen LogP contribution in [0, 0.1) is 11.3 Å². The average Bonchev–Trinajstić information content (AvgIpc) is 3.01. The van der Waals surface area contributed by atoms with Gasteiger partial charge in [-0.3, -0.25) is 4.79 Å². The molecular formula is C20H18N2O. The Balaban J connectivity index is 1.80. The summed E-state index contributed by atoms with van der Waals surface area (Å²) in [5.41, 5.74) is 3.12. The highest BCUT2D eigenvalue weighted by molar-refractivity contribution is 5.99. The van der Waals surface area contributed by atoms with E-state index in [-0.39, 0.29) is 5.91 Å². The number of hydrogen-bond acceptors (Lipinski definition) is 2. The molecule has 0 aliphatic heterocycles. The second-order valence-corrected chi connectivity index (χ2v) is 5.81. The fourth-order valence-electron chi connectivity index (χ4n) is 2.85. The number of nitrogens with one attached hydrogen (secondary N) is 1. The van der Waals surface area contributed by atoms with Gasteiger partial charge in [0.1, 0.15) is 0 Å². The van der Waals surface area contributed by atoms with Crippen LogP contribution < -0.4 is 5.32 Å². The lowest BCUT2D eigenvalue weighted by Crippen LogP contribution is -2.23. The van der Waals surface area contributed by atoms with Crippen molar-refractivity contribution in [1.29, 1.82) is 5.26 Å². The molecule has 3 heteroatoms. The van der Waals surface area contributed by atoms with Crippen molar-refractivity contribution in [1.82, 2.24) is 5.32 Å². The number of carbonyl (C=O) groups excluding carboxylic acids is 1. The van der Waals surface area contributed by atoms with Crippen molar-refractivity contribution in [2.75, 3.05) is 0 Å². The van der Waals surface area contributed by atoms with Crippen LogP contribution in [-0.2, 0) is 4.79 Å². The standard InChI is InChI=1S/C20H18N2O/c1-14(20(23)22-19-8-4-7-18(19)13-21)11-15-9-10-16-5-2-3-6-17(16)12-15/h2-3,5-6,9-12H,4,7-8H2,1H3,(H,22,23)/b14-11+. The van der Waals surface area contributed by atoms with Crippen molar-refractivity contribution in [3.63, 3.8) is 0 Å². The summed E-state index contributed by atoms with van der Waals surface area (Å²) in [6, 6.07) is 16.5. The lowest BCUT2D eigenvalue weighted by Gasteiger charge is -2.07. The van der Waals surface area contributed by atoms with Gasteiger partial charge in [0.15, 0.2) is 0 Å². The van der Waals surface area contributed by atoms with Crippen molar-refractivity contribution in [2.24, 2.45) is 0 Å². The van der Waals surface area contributed by atoms with Gasteiger partial charge in [0.25, 0.3) is 5.91 Å². The molecule has 3 rings (SSSR count). The van der Waals surface area contributed by atoms with Crippen LogP contribution >= 0.6 is 0 Å². The molecule has 2 aromatic carbocycles. The number of allylic oxidation sites excluding steroid dienone is 2. The zero-order valence-corrected chi connectivity index (χ0v) is 13.1. The molecule has 1 N–H and O–H groups in total. The van der Waals surface area contributed by atoms with E-state index >= 15 is 0 Å². The highest BCUT2D eigenvalue weighted by Crippen LogP contribution is 2.23. The van der Waals surface area contributed by atoms with Gasteiger partial charge < -0.3 is 5.32 Å². The SMILES string of the molecule is C/C(=C\c1ccc2ccccc2c1)C(=O)NC1=C(C#N)CCC1. The maximum atomic E-state index is 12.3. The van der Waals surface area contributed by atoms with Crippen LogP contribution in [0.15, 0.2) is 59.3 Å². The quantitative estimate of drug-likeness (QED) is 0.858. The molecule has 0 saturated carbocycles. The second-order valence-electron chi connectivity index (χ2n) is 5.81. The van der Waals surface area contributed by atoms with Crippen LogP contribution in [0.4, 0.5) is 0 Å². The highest BCUT2D eigenvalue weighted by Gasteiger charge is 2.16. The first kappa shape index (κ1) is 15.1. The second kappa shape index (κ2) is 6.50. The fourth-order valence-corrected chi connectivity index (χ4v) is 2.85. The normalized spacial score (nSPS) is 14.9. The molecule has 23 heavy (non-hydrogen) atoms. The third-order valence-corrected chi connectivity index (χ3v) is 4.13. The van der Waals surface area contributed by atoms with Crippen molar-refractivity contribution < 1.29 is 4.79 Å². The van der Waals surface area contributed by atoms with Crippen molar-refractivity contribution in [2.45, 2.75) is 26.2 Å². The molecule has 3 nitrogen and oxygen atoms in total. The molecule has 0 heterocycles. The van der Waals surface area contributed by atoms with Gasteiger partial charge in [0.05, 0.1) is 6.07 Å². The molecule has 2 aromatic rings. The van der Waals surface area contributed by atoms with E-state index in [4.69, 9.17) is 5.26 Å². The van der Waals surface area contributed by atoms with Crippen molar-refractivity contribution in [3.05, 3.63) is 64.9 Å². The van der Waals surface area contributed by atoms with Crippen LogP contribution in [0.3, 0.4) is 0 Å². The Morgan fingerprint density at radius 1 is 1.17 bits per heavy atom. The summed E-state index contributed by atoms with van der Waals surface area (Å²) in [4.78, 5) is 12.3. The van der Waals surface area contributed by atoms with E-state index in [9.17, 15) is 4.79 Å². The molecule has 0 fully saturated rings. The topological polar surface area (TPSA) is 52.9 Å². The molecule has 1 aliphatic carbocycles. The molecule has 114 valence electrons. The monoisotopic (exact) mass is 302 g/mol. The van der Waals surface area contributed by atoms with Crippen molar-refractivity contribution in [3.8, 4) is 6.07 Å². The fraction of sp³-hybridized carbons (Fsp3) is 0.200. The Hall–Kier alpha value is -2.86. The number of nitriles is 1. The first-order valence-electron chi connectivity index (χ1n) is 7.78. The minimum absolute atomic E-state index is 0.136. The van der Waals surface area contributed by atoms with E-state index in [1.807, 2.05) is 24.3 Å². The van der Waals surface area contributed by atoms with Crippen LogP contribution in [0.1, 0.15) is 31.7 Å². The van der Waals surface area contributed by atoms with E-state index < -0.39 is 0 Å². The van der Waals surface area contributed by atoms with Gasteiger partial charge in [-0.25, -0.2) is 0 Å². The molecule has 0 atom stereocenters. The summed E-state index contributed by atoms with van der Waals surface area (Å²) < 4.78 is 0. The van der Waals surface area contributed by atoms with Gasteiger partial charge in [-0.05, 0) is 54.7 Å². The first-order chi connectivity index (χ1) is 11.2. The molecular weight excluding hydrogens is 284 g/mol. The van der Waals surface area contributed by atoms with Gasteiger partial charge in [-0.2, -0.15) is 5.26 Å². The maximum Gasteiger partial charge on any atom is 0.251 e. The first-order valence-corrected chi connectivity index (χ1v) is 7.78. The van der Waals surface area contributed by atoms with Gasteiger partial charge >= 0.3 is 0 Å². The summed E-state index contributed by atoms with van der Waals surface area (Å²) in [6.07, 6.45) is 4.35.